The summed E-state index contributed by atoms with van der Waals surface area (Å²) in [6.45, 7) is 36.7. The normalized spacial score (nSPS) is 9.53. The molecule has 10 rings (SSSR count). The summed E-state index contributed by atoms with van der Waals surface area (Å²) in [7, 11) is 9.41. The van der Waals surface area contributed by atoms with Gasteiger partial charge < -0.3 is 28.4 Å². The van der Waals surface area contributed by atoms with Crippen LogP contribution in [0.15, 0.2) is 200 Å². The second-order valence-electron chi connectivity index (χ2n) is 23.8. The van der Waals surface area contributed by atoms with E-state index in [2.05, 4.69) is 219 Å². The first-order valence-corrected chi connectivity index (χ1v) is 31.9. The van der Waals surface area contributed by atoms with Crippen molar-refractivity contribution in [3.8, 4) is 40.2 Å². The number of nitriles is 1. The number of aryl methyl sites for hydroxylation is 18. The highest BCUT2D eigenvalue weighted by molar-refractivity contribution is 5.91. The van der Waals surface area contributed by atoms with E-state index in [0.29, 0.717) is 16.7 Å². The number of ether oxygens (including phenoxy) is 6. The lowest BCUT2D eigenvalue weighted by molar-refractivity contribution is 0.0591. The van der Waals surface area contributed by atoms with E-state index in [4.69, 9.17) is 24.2 Å². The molecule has 0 bridgehead atoms. The molecule has 10 aromatic rings. The van der Waals surface area contributed by atoms with Crippen LogP contribution >= 0.6 is 0 Å². The number of rotatable bonds is 7. The van der Waals surface area contributed by atoms with Gasteiger partial charge in [-0.15, -0.1) is 0 Å². The lowest BCUT2D eigenvalue weighted by atomic mass is 10.0. The molecule has 9 nitrogen and oxygen atoms in total. The highest BCUT2D eigenvalue weighted by atomic mass is 16.5. The van der Waals surface area contributed by atoms with Crippen LogP contribution in [0.2, 0.25) is 0 Å². The van der Waals surface area contributed by atoms with Gasteiger partial charge in [0.1, 0.15) is 11.5 Å². The van der Waals surface area contributed by atoms with Crippen LogP contribution in [-0.4, -0.2) is 54.6 Å². The summed E-state index contributed by atoms with van der Waals surface area (Å²) >= 11 is 0. The van der Waals surface area contributed by atoms with Crippen LogP contribution in [-0.2, 0) is 9.47 Å². The fourth-order valence-electron chi connectivity index (χ4n) is 9.32. The molecule has 9 heteroatoms. The van der Waals surface area contributed by atoms with Crippen LogP contribution in [0, 0.1) is 136 Å². The van der Waals surface area contributed by atoms with E-state index in [1.54, 1.807) is 28.4 Å². The van der Waals surface area contributed by atoms with E-state index in [9.17, 15) is 9.59 Å². The van der Waals surface area contributed by atoms with E-state index in [1.807, 2.05) is 121 Å². The van der Waals surface area contributed by atoms with Gasteiger partial charge in [0, 0.05) is 0 Å². The molecule has 0 saturated heterocycles. The van der Waals surface area contributed by atoms with E-state index >= 15 is 0 Å². The van der Waals surface area contributed by atoms with Crippen molar-refractivity contribution in [2.45, 2.75) is 125 Å². The third-order valence-electron chi connectivity index (χ3n) is 15.0. The van der Waals surface area contributed by atoms with Crippen LogP contribution < -0.4 is 18.9 Å². The Kier molecular flexibility index (Phi) is 37.3. The molecule has 0 aliphatic heterocycles. The number of hydrogen-bond acceptors (Lipinski definition) is 9. The molecule has 0 atom stereocenters. The highest BCUT2D eigenvalue weighted by Gasteiger charge is 2.09. The zero-order chi connectivity index (χ0) is 72.0. The Labute approximate surface area is 576 Å². The lowest BCUT2D eigenvalue weighted by Crippen LogP contribution is -2.03. The fraction of sp³-hybridized carbons (Fsp3) is 0.276. The summed E-state index contributed by atoms with van der Waals surface area (Å²) in [6.07, 6.45) is 0. The van der Waals surface area contributed by atoms with Gasteiger partial charge in [0.05, 0.1) is 65.4 Å². The van der Waals surface area contributed by atoms with Gasteiger partial charge in [-0.2, -0.15) is 5.26 Å². The van der Waals surface area contributed by atoms with Gasteiger partial charge in [0.2, 0.25) is 0 Å². The third kappa shape index (κ3) is 30.7. The monoisotopic (exact) mass is 1290 g/mol. The molecule has 0 saturated carbocycles. The van der Waals surface area contributed by atoms with Gasteiger partial charge in [0.15, 0.2) is 11.5 Å². The smallest absolute Gasteiger partial charge is 0.338 e. The van der Waals surface area contributed by atoms with E-state index < -0.39 is 0 Å². The summed E-state index contributed by atoms with van der Waals surface area (Å²) in [4.78, 5) is 22.3. The second-order valence-corrected chi connectivity index (χ2v) is 23.8. The number of esters is 2. The Morgan fingerprint density at radius 1 is 0.281 bits per heavy atom. The molecule has 0 unspecified atom stereocenters. The van der Waals surface area contributed by atoms with Gasteiger partial charge in [0.25, 0.3) is 0 Å². The van der Waals surface area contributed by atoms with Crippen molar-refractivity contribution in [1.82, 2.24) is 0 Å². The van der Waals surface area contributed by atoms with E-state index in [-0.39, 0.29) is 11.9 Å². The molecule has 0 heterocycles. The van der Waals surface area contributed by atoms with Crippen LogP contribution in [0.25, 0.3) is 11.1 Å². The van der Waals surface area contributed by atoms with Crippen molar-refractivity contribution >= 4 is 11.9 Å². The molecule has 0 aromatic heterocycles. The van der Waals surface area contributed by atoms with Gasteiger partial charge in [-0.05, 0) is 229 Å². The average Bonchev–Trinajstić information content (AvgIpc) is 0.944. The molecule has 0 radical (unpaired) electrons. The Morgan fingerprint density at radius 3 is 0.990 bits per heavy atom. The molecular weight excluding hydrogens is 1190 g/mol. The molecule has 0 aliphatic rings. The largest absolute Gasteiger partial charge is 0.496 e. The molecule has 96 heavy (non-hydrogen) atoms. The molecular formula is C87H105NO8. The first-order valence-electron chi connectivity index (χ1n) is 31.9. The number of hydrogen-bond donors (Lipinski definition) is 0. The van der Waals surface area contributed by atoms with Gasteiger partial charge in [-0.1, -0.05) is 207 Å². The molecule has 0 fully saturated rings. The quantitative estimate of drug-likeness (QED) is 0.144. The molecule has 10 aromatic carbocycles. The zero-order valence-corrected chi connectivity index (χ0v) is 61.8. The standard InChI is InChI=1S/C14H14.C10H11NO.C10H14O2.2C10H12O2.C9H12O.3C8H10/c1-11-3-7-13(8-4-11)14-9-5-12(2)6-10-14;1-7-4-9(6-11)5-8(2)10(7)12-3;1-7-5-9(11-3)10(12-4)6-8(7)2;1-7-4-8(2)6-9(5-7)10(11)12-3;1-7-4-5-8(2)9(6-7)10(11)12-3;1-7-4-5-9(10-3)8(2)6-7;1-7-3-5-8(2)6-4-7;1-7-4-3-5-8(2)6-7;1-7-5-3-4-6-8(7)2/h3-10H,1-2H3;4-5H,1-3H3;5-6H,1-4H3;2*4-6H,1-3H3;4-6H,1-3H3;3*3-6H,1-2H3. The predicted octanol–water partition coefficient (Wildman–Crippen LogP) is 21.9. The third-order valence-corrected chi connectivity index (χ3v) is 15.0. The Balaban J connectivity index is 0.000000370. The van der Waals surface area contributed by atoms with Crippen molar-refractivity contribution in [1.29, 1.82) is 5.26 Å². The van der Waals surface area contributed by atoms with Crippen molar-refractivity contribution in [2.75, 3.05) is 42.7 Å². The summed E-state index contributed by atoms with van der Waals surface area (Å²) in [5.41, 5.74) is 26.3. The highest BCUT2D eigenvalue weighted by Crippen LogP contribution is 2.30. The number of carbonyl (C=O) groups is 2. The Bertz CT molecular complexity index is 3850. The summed E-state index contributed by atoms with van der Waals surface area (Å²) in [5, 5.41) is 8.66. The molecule has 0 aliphatic carbocycles. The molecule has 506 valence electrons. The first-order chi connectivity index (χ1) is 45.5. The maximum absolute atomic E-state index is 11.2. The number of carbonyl (C=O) groups excluding carboxylic acids is 2. The minimum absolute atomic E-state index is 0.267. The van der Waals surface area contributed by atoms with Crippen LogP contribution in [0.3, 0.4) is 0 Å². The zero-order valence-electron chi connectivity index (χ0n) is 61.8. The van der Waals surface area contributed by atoms with Crippen LogP contribution in [0.5, 0.6) is 23.0 Å². The lowest BCUT2D eigenvalue weighted by Gasteiger charge is -2.09. The number of benzene rings is 10. The maximum atomic E-state index is 11.2. The predicted molar refractivity (Wildman–Crippen MR) is 402 cm³/mol. The minimum Gasteiger partial charge on any atom is -0.496 e. The maximum Gasteiger partial charge on any atom is 0.338 e. The second kappa shape index (κ2) is 43.7. The van der Waals surface area contributed by atoms with Crippen molar-refractivity contribution in [3.05, 3.63) is 317 Å². The van der Waals surface area contributed by atoms with Crippen LogP contribution in [0.4, 0.5) is 0 Å². The summed E-state index contributed by atoms with van der Waals surface area (Å²) in [6, 6.07) is 69.8. The minimum atomic E-state index is -0.276. The number of methoxy groups -OCH3 is 6. The van der Waals surface area contributed by atoms with Crippen LogP contribution in [0.1, 0.15) is 126 Å². The van der Waals surface area contributed by atoms with E-state index in [1.165, 1.54) is 92.1 Å². The Morgan fingerprint density at radius 2 is 0.646 bits per heavy atom. The first kappa shape index (κ1) is 81.9. The average molecular weight is 1290 g/mol. The van der Waals surface area contributed by atoms with Gasteiger partial charge in [-0.3, -0.25) is 0 Å². The Hall–Kier alpha value is -10.2. The van der Waals surface area contributed by atoms with Crippen molar-refractivity contribution < 1.29 is 38.0 Å². The summed E-state index contributed by atoms with van der Waals surface area (Å²) in [5.74, 6) is 2.87. The van der Waals surface area contributed by atoms with Crippen molar-refractivity contribution in [3.63, 3.8) is 0 Å². The molecule has 0 spiro atoms. The molecule has 0 amide bonds. The molecule has 0 N–H and O–H groups in total. The summed E-state index contributed by atoms with van der Waals surface area (Å²) < 4.78 is 29.8. The SMILES string of the molecule is COC(=O)c1cc(C)cc(C)c1.COC(=O)c1cc(C)ccc1C.COc1c(C)cc(C#N)cc1C.COc1cc(C)c(C)cc1OC.COc1ccc(C)cc1C.Cc1ccc(-c2ccc(C)cc2)cc1.Cc1ccc(C)cc1.Cc1cccc(C)c1.Cc1ccccc1C. The van der Waals surface area contributed by atoms with Gasteiger partial charge in [-0.25, -0.2) is 9.59 Å². The topological polar surface area (TPSA) is 113 Å². The van der Waals surface area contributed by atoms with Crippen molar-refractivity contribution in [2.24, 2.45) is 0 Å². The van der Waals surface area contributed by atoms with E-state index in [0.717, 1.165) is 56.4 Å². The number of nitrogens with zero attached hydrogens (tertiary/aromatic N) is 1. The fourth-order valence-corrected chi connectivity index (χ4v) is 9.32. The van der Waals surface area contributed by atoms with Gasteiger partial charge >= 0.3 is 11.9 Å².